The highest BCUT2D eigenvalue weighted by Gasteiger charge is 2.24. The lowest BCUT2D eigenvalue weighted by Crippen LogP contribution is -2.36. The molecule has 1 heterocycles. The van der Waals surface area contributed by atoms with Gasteiger partial charge in [0.2, 0.25) is 0 Å². The third kappa shape index (κ3) is 3.57. The van der Waals surface area contributed by atoms with E-state index in [4.69, 9.17) is 0 Å². The van der Waals surface area contributed by atoms with Gasteiger partial charge in [0.25, 0.3) is 0 Å². The van der Waals surface area contributed by atoms with Gasteiger partial charge in [0.1, 0.15) is 5.82 Å². The number of benzene rings is 1. The van der Waals surface area contributed by atoms with Gasteiger partial charge >= 0.3 is 0 Å². The molecule has 0 spiro atoms. The third-order valence-corrected chi connectivity index (χ3v) is 4.87. The maximum Gasteiger partial charge on any atom is 0.126 e. The minimum Gasteiger partial charge on any atom is -0.368 e. The minimum absolute atomic E-state index is 0.0984. The van der Waals surface area contributed by atoms with Gasteiger partial charge in [0.05, 0.1) is 0 Å². The standard InChI is InChI=1S/C18H29FN2/c1-5-15-9-7-6-8-10-21(15)18-11-13(2)17(19)12-16(18)14(3)20-4/h11-12,14-15,20H,5-10H2,1-4H3. The van der Waals surface area contributed by atoms with Crippen LogP contribution < -0.4 is 10.2 Å². The number of nitrogens with one attached hydrogen (secondary N) is 1. The van der Waals surface area contributed by atoms with Crippen molar-refractivity contribution in [3.8, 4) is 0 Å². The molecule has 3 heteroatoms. The fourth-order valence-electron chi connectivity index (χ4n) is 3.35. The average molecular weight is 292 g/mol. The van der Waals surface area contributed by atoms with Crippen molar-refractivity contribution in [2.75, 3.05) is 18.5 Å². The molecule has 0 radical (unpaired) electrons. The van der Waals surface area contributed by atoms with E-state index in [0.717, 1.165) is 24.1 Å². The van der Waals surface area contributed by atoms with Crippen LogP contribution in [0.3, 0.4) is 0 Å². The molecule has 1 aliphatic heterocycles. The van der Waals surface area contributed by atoms with Crippen LogP contribution in [0.2, 0.25) is 0 Å². The van der Waals surface area contributed by atoms with Crippen LogP contribution in [0.5, 0.6) is 0 Å². The molecular formula is C18H29FN2. The van der Waals surface area contributed by atoms with Crippen LogP contribution in [0, 0.1) is 12.7 Å². The van der Waals surface area contributed by atoms with Crippen LogP contribution in [0.4, 0.5) is 10.1 Å². The van der Waals surface area contributed by atoms with E-state index in [1.54, 1.807) is 6.07 Å². The van der Waals surface area contributed by atoms with Gasteiger partial charge in [0, 0.05) is 24.3 Å². The molecule has 0 amide bonds. The molecule has 2 rings (SSSR count). The summed E-state index contributed by atoms with van der Waals surface area (Å²) in [6.45, 7) is 7.32. The Hall–Kier alpha value is -1.09. The lowest BCUT2D eigenvalue weighted by Gasteiger charge is -2.34. The van der Waals surface area contributed by atoms with Crippen molar-refractivity contribution in [2.45, 2.75) is 65.0 Å². The third-order valence-electron chi connectivity index (χ3n) is 4.87. The molecule has 2 nitrogen and oxygen atoms in total. The molecule has 0 saturated carbocycles. The smallest absolute Gasteiger partial charge is 0.126 e. The Morgan fingerprint density at radius 2 is 2.10 bits per heavy atom. The summed E-state index contributed by atoms with van der Waals surface area (Å²) < 4.78 is 14.0. The zero-order chi connectivity index (χ0) is 15.4. The van der Waals surface area contributed by atoms with Crippen LogP contribution in [-0.2, 0) is 0 Å². The number of nitrogens with zero attached hydrogens (tertiary/aromatic N) is 1. The van der Waals surface area contributed by atoms with Gasteiger partial charge in [-0.25, -0.2) is 4.39 Å². The number of anilines is 1. The highest BCUT2D eigenvalue weighted by Crippen LogP contribution is 2.33. The van der Waals surface area contributed by atoms with Crippen molar-refractivity contribution in [1.82, 2.24) is 5.32 Å². The van der Waals surface area contributed by atoms with E-state index < -0.39 is 0 Å². The van der Waals surface area contributed by atoms with Crippen LogP contribution in [0.25, 0.3) is 0 Å². The van der Waals surface area contributed by atoms with E-state index >= 15 is 0 Å². The second-order valence-corrected chi connectivity index (χ2v) is 6.28. The van der Waals surface area contributed by atoms with E-state index in [0.29, 0.717) is 6.04 Å². The average Bonchev–Trinajstić information content (AvgIpc) is 2.73. The quantitative estimate of drug-likeness (QED) is 0.874. The molecule has 1 N–H and O–H groups in total. The second kappa shape index (κ2) is 7.26. The largest absolute Gasteiger partial charge is 0.368 e. The van der Waals surface area contributed by atoms with Gasteiger partial charge in [-0.15, -0.1) is 0 Å². The van der Waals surface area contributed by atoms with Gasteiger partial charge in [0.15, 0.2) is 0 Å². The lowest BCUT2D eigenvalue weighted by molar-refractivity contribution is 0.547. The van der Waals surface area contributed by atoms with E-state index in [-0.39, 0.29) is 11.9 Å². The summed E-state index contributed by atoms with van der Waals surface area (Å²) in [5.74, 6) is -0.0984. The van der Waals surface area contributed by atoms with Crippen molar-refractivity contribution >= 4 is 5.69 Å². The molecule has 118 valence electrons. The molecule has 0 aliphatic carbocycles. The number of aryl methyl sites for hydroxylation is 1. The van der Waals surface area contributed by atoms with Gasteiger partial charge in [-0.1, -0.05) is 19.8 Å². The Balaban J connectivity index is 2.46. The normalized spacial score (nSPS) is 21.2. The second-order valence-electron chi connectivity index (χ2n) is 6.28. The maximum atomic E-state index is 14.0. The molecule has 1 fully saturated rings. The van der Waals surface area contributed by atoms with Gasteiger partial charge < -0.3 is 10.2 Å². The summed E-state index contributed by atoms with van der Waals surface area (Å²) >= 11 is 0. The van der Waals surface area contributed by atoms with Crippen molar-refractivity contribution in [1.29, 1.82) is 0 Å². The number of hydrogen-bond donors (Lipinski definition) is 1. The molecule has 2 unspecified atom stereocenters. The first-order valence-corrected chi connectivity index (χ1v) is 8.32. The first-order valence-electron chi connectivity index (χ1n) is 8.32. The topological polar surface area (TPSA) is 15.3 Å². The Bertz CT molecular complexity index is 473. The van der Waals surface area contributed by atoms with Gasteiger partial charge in [-0.05, 0) is 63.4 Å². The minimum atomic E-state index is -0.0984. The number of halogens is 1. The van der Waals surface area contributed by atoms with Crippen LogP contribution in [0.15, 0.2) is 12.1 Å². The van der Waals surface area contributed by atoms with Gasteiger partial charge in [-0.3, -0.25) is 0 Å². The molecule has 21 heavy (non-hydrogen) atoms. The van der Waals surface area contributed by atoms with Crippen molar-refractivity contribution in [2.24, 2.45) is 0 Å². The molecule has 1 aromatic carbocycles. The Kier molecular flexibility index (Phi) is 5.63. The van der Waals surface area contributed by atoms with Crippen LogP contribution >= 0.6 is 0 Å². The molecule has 1 saturated heterocycles. The Labute approximate surface area is 128 Å². The molecule has 2 atom stereocenters. The molecule has 1 aromatic rings. The number of hydrogen-bond acceptors (Lipinski definition) is 2. The van der Waals surface area contributed by atoms with Crippen LogP contribution in [-0.4, -0.2) is 19.6 Å². The lowest BCUT2D eigenvalue weighted by atomic mass is 9.99. The van der Waals surface area contributed by atoms with Gasteiger partial charge in [-0.2, -0.15) is 0 Å². The van der Waals surface area contributed by atoms with Crippen molar-refractivity contribution in [3.05, 3.63) is 29.1 Å². The SMILES string of the molecule is CCC1CCCCCN1c1cc(C)c(F)cc1C(C)NC. The summed E-state index contributed by atoms with van der Waals surface area (Å²) in [6.07, 6.45) is 6.26. The van der Waals surface area contributed by atoms with E-state index in [1.807, 2.05) is 20.0 Å². The van der Waals surface area contributed by atoms with E-state index in [1.165, 1.54) is 31.4 Å². The molecular weight excluding hydrogens is 263 g/mol. The molecule has 0 aromatic heterocycles. The van der Waals surface area contributed by atoms with Crippen molar-refractivity contribution in [3.63, 3.8) is 0 Å². The highest BCUT2D eigenvalue weighted by atomic mass is 19.1. The highest BCUT2D eigenvalue weighted by molar-refractivity contribution is 5.58. The summed E-state index contributed by atoms with van der Waals surface area (Å²) in [6, 6.07) is 4.52. The molecule has 1 aliphatic rings. The zero-order valence-electron chi connectivity index (χ0n) is 13.9. The molecule has 0 bridgehead atoms. The predicted octanol–water partition coefficient (Wildman–Crippen LogP) is 4.57. The monoisotopic (exact) mass is 292 g/mol. The summed E-state index contributed by atoms with van der Waals surface area (Å²) in [5, 5.41) is 3.26. The maximum absolute atomic E-state index is 14.0. The summed E-state index contributed by atoms with van der Waals surface area (Å²) in [4.78, 5) is 2.53. The fraction of sp³-hybridized carbons (Fsp3) is 0.667. The predicted molar refractivity (Wildman–Crippen MR) is 88.5 cm³/mol. The van der Waals surface area contributed by atoms with E-state index in [9.17, 15) is 4.39 Å². The Morgan fingerprint density at radius 3 is 2.76 bits per heavy atom. The van der Waals surface area contributed by atoms with Crippen LogP contribution in [0.1, 0.15) is 63.1 Å². The summed E-state index contributed by atoms with van der Waals surface area (Å²) in [5.41, 5.74) is 3.06. The number of rotatable bonds is 4. The van der Waals surface area contributed by atoms with Crippen molar-refractivity contribution < 1.29 is 4.39 Å². The van der Waals surface area contributed by atoms with E-state index in [2.05, 4.69) is 24.1 Å². The first kappa shape index (κ1) is 16.3. The zero-order valence-corrected chi connectivity index (χ0v) is 13.9. The summed E-state index contributed by atoms with van der Waals surface area (Å²) in [7, 11) is 1.94. The Morgan fingerprint density at radius 1 is 1.33 bits per heavy atom. The first-order chi connectivity index (χ1) is 10.1. The fourth-order valence-corrected chi connectivity index (χ4v) is 3.35.